The van der Waals surface area contributed by atoms with Gasteiger partial charge in [-0.25, -0.2) is 4.98 Å². The molecule has 0 unspecified atom stereocenters. The normalized spacial score (nSPS) is 16.4. The SMILES string of the molecule is CC1=CCN(c2cccc(CN)n2)CC1. The predicted octanol–water partition coefficient (Wildman–Crippen LogP) is 1.70. The molecule has 3 nitrogen and oxygen atoms in total. The molecule has 1 aliphatic heterocycles. The van der Waals surface area contributed by atoms with Crippen molar-refractivity contribution in [1.82, 2.24) is 4.98 Å². The average Bonchev–Trinajstić information content (AvgIpc) is 2.30. The van der Waals surface area contributed by atoms with Crippen LogP contribution in [0.25, 0.3) is 0 Å². The highest BCUT2D eigenvalue weighted by Crippen LogP contribution is 2.17. The van der Waals surface area contributed by atoms with E-state index in [0.717, 1.165) is 31.0 Å². The third kappa shape index (κ3) is 2.36. The van der Waals surface area contributed by atoms with Gasteiger partial charge in [0.1, 0.15) is 5.82 Å². The van der Waals surface area contributed by atoms with Crippen LogP contribution in [0, 0.1) is 0 Å². The maximum Gasteiger partial charge on any atom is 0.129 e. The standard InChI is InChI=1S/C12H17N3/c1-10-5-7-15(8-6-10)12-4-2-3-11(9-13)14-12/h2-5H,6-9,13H2,1H3. The van der Waals surface area contributed by atoms with Crippen LogP contribution in [-0.4, -0.2) is 18.1 Å². The van der Waals surface area contributed by atoms with Crippen LogP contribution < -0.4 is 10.6 Å². The van der Waals surface area contributed by atoms with E-state index in [1.54, 1.807) is 0 Å². The number of nitrogens with two attached hydrogens (primary N) is 1. The van der Waals surface area contributed by atoms with E-state index in [0.29, 0.717) is 6.54 Å². The van der Waals surface area contributed by atoms with Gasteiger partial charge in [0, 0.05) is 19.6 Å². The lowest BCUT2D eigenvalue weighted by Gasteiger charge is -2.26. The Morgan fingerprint density at radius 1 is 1.47 bits per heavy atom. The van der Waals surface area contributed by atoms with Gasteiger partial charge < -0.3 is 10.6 Å². The molecule has 2 heterocycles. The highest BCUT2D eigenvalue weighted by molar-refractivity contribution is 5.41. The van der Waals surface area contributed by atoms with E-state index in [1.807, 2.05) is 18.2 Å². The van der Waals surface area contributed by atoms with Gasteiger partial charge in [-0.3, -0.25) is 0 Å². The summed E-state index contributed by atoms with van der Waals surface area (Å²) < 4.78 is 0. The summed E-state index contributed by atoms with van der Waals surface area (Å²) in [5.74, 6) is 1.04. The van der Waals surface area contributed by atoms with Crippen LogP contribution in [-0.2, 0) is 6.54 Å². The Labute approximate surface area is 90.6 Å². The second-order valence-corrected chi connectivity index (χ2v) is 3.94. The molecule has 1 aromatic rings. The van der Waals surface area contributed by atoms with Crippen LogP contribution in [0.2, 0.25) is 0 Å². The summed E-state index contributed by atoms with van der Waals surface area (Å²) in [5.41, 5.74) is 8.01. The Bertz CT molecular complexity index is 371. The minimum Gasteiger partial charge on any atom is -0.353 e. The molecule has 0 aliphatic carbocycles. The molecule has 0 fully saturated rings. The summed E-state index contributed by atoms with van der Waals surface area (Å²) in [5, 5.41) is 0. The second-order valence-electron chi connectivity index (χ2n) is 3.94. The van der Waals surface area contributed by atoms with Crippen molar-refractivity contribution in [3.05, 3.63) is 35.5 Å². The molecule has 2 N–H and O–H groups in total. The Morgan fingerprint density at radius 2 is 2.33 bits per heavy atom. The van der Waals surface area contributed by atoms with Crippen LogP contribution >= 0.6 is 0 Å². The fourth-order valence-corrected chi connectivity index (χ4v) is 1.74. The number of rotatable bonds is 2. The van der Waals surface area contributed by atoms with E-state index in [9.17, 15) is 0 Å². The molecule has 0 spiro atoms. The maximum absolute atomic E-state index is 5.58. The third-order valence-corrected chi connectivity index (χ3v) is 2.76. The fraction of sp³-hybridized carbons (Fsp3) is 0.417. The smallest absolute Gasteiger partial charge is 0.129 e. The number of hydrogen-bond acceptors (Lipinski definition) is 3. The lowest BCUT2D eigenvalue weighted by molar-refractivity contribution is 0.771. The zero-order valence-electron chi connectivity index (χ0n) is 9.11. The number of pyridine rings is 1. The van der Waals surface area contributed by atoms with Gasteiger partial charge >= 0.3 is 0 Å². The van der Waals surface area contributed by atoms with Gasteiger partial charge in [-0.05, 0) is 25.5 Å². The van der Waals surface area contributed by atoms with Crippen LogP contribution in [0.4, 0.5) is 5.82 Å². The molecule has 3 heteroatoms. The first-order chi connectivity index (χ1) is 7.29. The molecule has 0 bridgehead atoms. The van der Waals surface area contributed by atoms with Gasteiger partial charge in [-0.2, -0.15) is 0 Å². The molecule has 80 valence electrons. The van der Waals surface area contributed by atoms with Gasteiger partial charge in [-0.15, -0.1) is 0 Å². The number of anilines is 1. The van der Waals surface area contributed by atoms with Crippen molar-refractivity contribution in [2.45, 2.75) is 19.9 Å². The Kier molecular flexibility index (Phi) is 3.02. The molecule has 0 saturated carbocycles. The summed E-state index contributed by atoms with van der Waals surface area (Å²) in [7, 11) is 0. The topological polar surface area (TPSA) is 42.1 Å². The van der Waals surface area contributed by atoms with Crippen molar-refractivity contribution in [1.29, 1.82) is 0 Å². The molecule has 0 radical (unpaired) electrons. The lowest BCUT2D eigenvalue weighted by Crippen LogP contribution is -2.29. The minimum absolute atomic E-state index is 0.510. The molecule has 0 atom stereocenters. The molecule has 15 heavy (non-hydrogen) atoms. The third-order valence-electron chi connectivity index (χ3n) is 2.76. The van der Waals surface area contributed by atoms with Gasteiger partial charge in [0.2, 0.25) is 0 Å². The first-order valence-electron chi connectivity index (χ1n) is 5.36. The molecule has 0 amide bonds. The van der Waals surface area contributed by atoms with E-state index in [4.69, 9.17) is 5.73 Å². The van der Waals surface area contributed by atoms with Crippen LogP contribution in [0.15, 0.2) is 29.8 Å². The molecule has 0 aromatic carbocycles. The number of nitrogens with zero attached hydrogens (tertiary/aromatic N) is 2. The van der Waals surface area contributed by atoms with Gasteiger partial charge in [0.05, 0.1) is 5.69 Å². The van der Waals surface area contributed by atoms with Gasteiger partial charge in [0.15, 0.2) is 0 Å². The highest BCUT2D eigenvalue weighted by Gasteiger charge is 2.10. The number of hydrogen-bond donors (Lipinski definition) is 1. The summed E-state index contributed by atoms with van der Waals surface area (Å²) >= 11 is 0. The summed E-state index contributed by atoms with van der Waals surface area (Å²) in [6.07, 6.45) is 3.40. The highest BCUT2D eigenvalue weighted by atomic mass is 15.2. The van der Waals surface area contributed by atoms with Gasteiger partial charge in [-0.1, -0.05) is 17.7 Å². The molecule has 1 aromatic heterocycles. The van der Waals surface area contributed by atoms with Crippen LogP contribution in [0.5, 0.6) is 0 Å². The van der Waals surface area contributed by atoms with E-state index < -0.39 is 0 Å². The fourth-order valence-electron chi connectivity index (χ4n) is 1.74. The first kappa shape index (κ1) is 10.2. The van der Waals surface area contributed by atoms with Crippen LogP contribution in [0.1, 0.15) is 19.0 Å². The van der Waals surface area contributed by atoms with Crippen molar-refractivity contribution < 1.29 is 0 Å². The molecule has 1 aliphatic rings. The lowest BCUT2D eigenvalue weighted by atomic mass is 10.1. The Balaban J connectivity index is 2.16. The van der Waals surface area contributed by atoms with Crippen molar-refractivity contribution in [2.75, 3.05) is 18.0 Å². The number of aromatic nitrogens is 1. The molecular formula is C12H17N3. The molecule has 2 rings (SSSR count). The summed E-state index contributed by atoms with van der Waals surface area (Å²) in [6, 6.07) is 6.04. The van der Waals surface area contributed by atoms with Crippen LogP contribution in [0.3, 0.4) is 0 Å². The minimum atomic E-state index is 0.510. The zero-order chi connectivity index (χ0) is 10.7. The Hall–Kier alpha value is -1.35. The Morgan fingerprint density at radius 3 is 3.00 bits per heavy atom. The van der Waals surface area contributed by atoms with Crippen molar-refractivity contribution >= 4 is 5.82 Å². The van der Waals surface area contributed by atoms with Crippen molar-refractivity contribution in [3.8, 4) is 0 Å². The molecular weight excluding hydrogens is 186 g/mol. The maximum atomic E-state index is 5.58. The first-order valence-corrected chi connectivity index (χ1v) is 5.36. The van der Waals surface area contributed by atoms with E-state index >= 15 is 0 Å². The quantitative estimate of drug-likeness (QED) is 0.744. The van der Waals surface area contributed by atoms with Crippen molar-refractivity contribution in [2.24, 2.45) is 5.73 Å². The average molecular weight is 203 g/mol. The largest absolute Gasteiger partial charge is 0.353 e. The van der Waals surface area contributed by atoms with E-state index in [-0.39, 0.29) is 0 Å². The molecule has 0 saturated heterocycles. The van der Waals surface area contributed by atoms with E-state index in [2.05, 4.69) is 22.9 Å². The monoisotopic (exact) mass is 203 g/mol. The summed E-state index contributed by atoms with van der Waals surface area (Å²) in [6.45, 7) is 4.72. The predicted molar refractivity (Wildman–Crippen MR) is 62.7 cm³/mol. The van der Waals surface area contributed by atoms with Gasteiger partial charge in [0.25, 0.3) is 0 Å². The summed E-state index contributed by atoms with van der Waals surface area (Å²) in [4.78, 5) is 6.80. The second kappa shape index (κ2) is 4.45. The van der Waals surface area contributed by atoms with Crippen molar-refractivity contribution in [3.63, 3.8) is 0 Å². The van der Waals surface area contributed by atoms with E-state index in [1.165, 1.54) is 5.57 Å². The zero-order valence-corrected chi connectivity index (χ0v) is 9.11.